The summed E-state index contributed by atoms with van der Waals surface area (Å²) in [5, 5.41) is 5.43. The molecule has 2 heterocycles. The van der Waals surface area contributed by atoms with Gasteiger partial charge in [-0.1, -0.05) is 12.1 Å². The number of benzene rings is 1. The minimum atomic E-state index is -0.0647. The Kier molecular flexibility index (Phi) is 6.22. The van der Waals surface area contributed by atoms with Gasteiger partial charge >= 0.3 is 0 Å². The van der Waals surface area contributed by atoms with E-state index >= 15 is 0 Å². The Morgan fingerprint density at radius 1 is 1.42 bits per heavy atom. The van der Waals surface area contributed by atoms with Crippen molar-refractivity contribution in [2.24, 2.45) is 0 Å². The van der Waals surface area contributed by atoms with E-state index in [1.54, 1.807) is 4.90 Å². The number of thiazole rings is 1. The summed E-state index contributed by atoms with van der Waals surface area (Å²) in [6, 6.07) is 7.90. The predicted molar refractivity (Wildman–Crippen MR) is 102 cm³/mol. The molecule has 2 amide bonds. The van der Waals surface area contributed by atoms with Crippen LogP contribution in [0.4, 0.5) is 5.13 Å². The fourth-order valence-corrected chi connectivity index (χ4v) is 3.64. The van der Waals surface area contributed by atoms with E-state index in [0.29, 0.717) is 30.4 Å². The molecule has 1 aromatic heterocycles. The zero-order valence-electron chi connectivity index (χ0n) is 14.9. The SMILES string of the molecule is Cc1cccc(OCCCNC(=O)Cc2csc(N3CCCC3=O)n2)c1. The first-order chi connectivity index (χ1) is 12.6. The highest BCUT2D eigenvalue weighted by Crippen LogP contribution is 2.25. The number of hydrogen-bond acceptors (Lipinski definition) is 5. The molecule has 0 spiro atoms. The van der Waals surface area contributed by atoms with Crippen molar-refractivity contribution in [2.45, 2.75) is 32.6 Å². The van der Waals surface area contributed by atoms with Crippen LogP contribution in [0.25, 0.3) is 0 Å². The molecule has 0 bridgehead atoms. The number of aromatic nitrogens is 1. The van der Waals surface area contributed by atoms with Crippen LogP contribution in [0.5, 0.6) is 5.75 Å². The van der Waals surface area contributed by atoms with E-state index in [-0.39, 0.29) is 18.2 Å². The second kappa shape index (κ2) is 8.80. The summed E-state index contributed by atoms with van der Waals surface area (Å²) < 4.78 is 5.66. The monoisotopic (exact) mass is 373 g/mol. The number of carbonyl (C=O) groups excluding carboxylic acids is 2. The Balaban J connectivity index is 1.35. The molecule has 26 heavy (non-hydrogen) atoms. The lowest BCUT2D eigenvalue weighted by atomic mass is 10.2. The molecule has 3 rings (SSSR count). The van der Waals surface area contributed by atoms with E-state index in [1.165, 1.54) is 11.3 Å². The largest absolute Gasteiger partial charge is 0.494 e. The van der Waals surface area contributed by atoms with Gasteiger partial charge in [0.15, 0.2) is 5.13 Å². The van der Waals surface area contributed by atoms with Crippen LogP contribution < -0.4 is 15.0 Å². The predicted octanol–water partition coefficient (Wildman–Crippen LogP) is 2.71. The minimum Gasteiger partial charge on any atom is -0.494 e. The summed E-state index contributed by atoms with van der Waals surface area (Å²) in [6.07, 6.45) is 2.43. The van der Waals surface area contributed by atoms with Crippen molar-refractivity contribution >= 4 is 28.3 Å². The molecule has 1 fully saturated rings. The van der Waals surface area contributed by atoms with Crippen molar-refractivity contribution in [1.82, 2.24) is 10.3 Å². The van der Waals surface area contributed by atoms with Gasteiger partial charge in [0.25, 0.3) is 0 Å². The van der Waals surface area contributed by atoms with Crippen molar-refractivity contribution in [3.63, 3.8) is 0 Å². The molecule has 6 nitrogen and oxygen atoms in total. The zero-order valence-corrected chi connectivity index (χ0v) is 15.7. The third-order valence-corrected chi connectivity index (χ3v) is 5.00. The van der Waals surface area contributed by atoms with Crippen molar-refractivity contribution < 1.29 is 14.3 Å². The van der Waals surface area contributed by atoms with Gasteiger partial charge in [-0.3, -0.25) is 14.5 Å². The number of nitrogens with one attached hydrogen (secondary N) is 1. The second-order valence-electron chi connectivity index (χ2n) is 6.32. The van der Waals surface area contributed by atoms with Gasteiger partial charge in [-0.15, -0.1) is 11.3 Å². The molecule has 0 aliphatic carbocycles. The normalized spacial score (nSPS) is 13.9. The first-order valence-corrected chi connectivity index (χ1v) is 9.71. The number of amides is 2. The summed E-state index contributed by atoms with van der Waals surface area (Å²) in [5.41, 5.74) is 1.87. The van der Waals surface area contributed by atoms with E-state index in [0.717, 1.165) is 30.7 Å². The molecule has 1 aliphatic rings. The zero-order chi connectivity index (χ0) is 18.4. The highest BCUT2D eigenvalue weighted by atomic mass is 32.1. The van der Waals surface area contributed by atoms with E-state index < -0.39 is 0 Å². The molecule has 1 saturated heterocycles. The maximum atomic E-state index is 12.0. The van der Waals surface area contributed by atoms with Gasteiger partial charge < -0.3 is 10.1 Å². The smallest absolute Gasteiger partial charge is 0.228 e. The molecule has 138 valence electrons. The second-order valence-corrected chi connectivity index (χ2v) is 7.15. The average Bonchev–Trinajstić information content (AvgIpc) is 3.23. The fourth-order valence-electron chi connectivity index (χ4n) is 2.77. The molecule has 0 unspecified atom stereocenters. The third kappa shape index (κ3) is 5.05. The molecule has 0 saturated carbocycles. The number of aryl methyl sites for hydroxylation is 1. The van der Waals surface area contributed by atoms with Crippen LogP contribution >= 0.6 is 11.3 Å². The quantitative estimate of drug-likeness (QED) is 0.722. The van der Waals surface area contributed by atoms with Crippen LogP contribution in [0.1, 0.15) is 30.5 Å². The van der Waals surface area contributed by atoms with E-state index in [1.807, 2.05) is 36.6 Å². The van der Waals surface area contributed by atoms with Gasteiger partial charge in [-0.2, -0.15) is 0 Å². The number of rotatable bonds is 8. The lowest BCUT2D eigenvalue weighted by molar-refractivity contribution is -0.120. The Morgan fingerprint density at radius 3 is 3.08 bits per heavy atom. The van der Waals surface area contributed by atoms with Gasteiger partial charge in [-0.05, 0) is 37.5 Å². The van der Waals surface area contributed by atoms with Crippen molar-refractivity contribution in [3.8, 4) is 5.75 Å². The van der Waals surface area contributed by atoms with Gasteiger partial charge in [0.2, 0.25) is 11.8 Å². The number of hydrogen-bond donors (Lipinski definition) is 1. The number of nitrogens with zero attached hydrogens (tertiary/aromatic N) is 2. The van der Waals surface area contributed by atoms with Crippen LogP contribution in [0.2, 0.25) is 0 Å². The fraction of sp³-hybridized carbons (Fsp3) is 0.421. The van der Waals surface area contributed by atoms with Crippen LogP contribution in [0.3, 0.4) is 0 Å². The van der Waals surface area contributed by atoms with E-state index in [2.05, 4.69) is 10.3 Å². The maximum Gasteiger partial charge on any atom is 0.228 e. The maximum absolute atomic E-state index is 12.0. The van der Waals surface area contributed by atoms with Crippen molar-refractivity contribution in [1.29, 1.82) is 0 Å². The van der Waals surface area contributed by atoms with Crippen LogP contribution in [0, 0.1) is 6.92 Å². The lowest BCUT2D eigenvalue weighted by Crippen LogP contribution is -2.27. The highest BCUT2D eigenvalue weighted by Gasteiger charge is 2.24. The van der Waals surface area contributed by atoms with E-state index in [4.69, 9.17) is 4.74 Å². The van der Waals surface area contributed by atoms with Gasteiger partial charge in [0.1, 0.15) is 5.75 Å². The number of carbonyl (C=O) groups is 2. The van der Waals surface area contributed by atoms with Crippen LogP contribution in [-0.4, -0.2) is 36.5 Å². The molecule has 1 aliphatic heterocycles. The first-order valence-electron chi connectivity index (χ1n) is 8.83. The summed E-state index contributed by atoms with van der Waals surface area (Å²) >= 11 is 1.42. The summed E-state index contributed by atoms with van der Waals surface area (Å²) in [4.78, 5) is 29.9. The Bertz CT molecular complexity index is 775. The van der Waals surface area contributed by atoms with Crippen LogP contribution in [0.15, 0.2) is 29.6 Å². The highest BCUT2D eigenvalue weighted by molar-refractivity contribution is 7.14. The Hall–Kier alpha value is -2.41. The molecule has 1 aromatic carbocycles. The minimum absolute atomic E-state index is 0.0647. The molecular formula is C19H23N3O3S. The Morgan fingerprint density at radius 2 is 2.31 bits per heavy atom. The number of anilines is 1. The summed E-state index contributed by atoms with van der Waals surface area (Å²) in [5.74, 6) is 0.900. The Labute approximate surface area is 157 Å². The molecule has 7 heteroatoms. The third-order valence-electron chi connectivity index (χ3n) is 4.09. The van der Waals surface area contributed by atoms with Crippen LogP contribution in [-0.2, 0) is 16.0 Å². The molecule has 0 radical (unpaired) electrons. The van der Waals surface area contributed by atoms with Gasteiger partial charge in [0.05, 0.1) is 18.7 Å². The lowest BCUT2D eigenvalue weighted by Gasteiger charge is -2.10. The molecule has 2 aromatic rings. The van der Waals surface area contributed by atoms with Crippen molar-refractivity contribution in [3.05, 3.63) is 40.9 Å². The average molecular weight is 373 g/mol. The van der Waals surface area contributed by atoms with E-state index in [9.17, 15) is 9.59 Å². The summed E-state index contributed by atoms with van der Waals surface area (Å²) in [7, 11) is 0. The standard InChI is InChI=1S/C19H23N3O3S/c1-14-5-2-6-16(11-14)25-10-4-8-20-17(23)12-15-13-26-19(21-15)22-9-3-7-18(22)24/h2,5-6,11,13H,3-4,7-10,12H2,1H3,(H,20,23). The first kappa shape index (κ1) is 18.4. The molecule has 0 atom stereocenters. The van der Waals surface area contributed by atoms with Gasteiger partial charge in [-0.25, -0.2) is 4.98 Å². The topological polar surface area (TPSA) is 71.5 Å². The van der Waals surface area contributed by atoms with Gasteiger partial charge in [0, 0.05) is 24.9 Å². The summed E-state index contributed by atoms with van der Waals surface area (Å²) in [6.45, 7) is 3.86. The van der Waals surface area contributed by atoms with Crippen molar-refractivity contribution in [2.75, 3.05) is 24.6 Å². The molecule has 1 N–H and O–H groups in total. The number of ether oxygens (including phenoxy) is 1. The molecular weight excluding hydrogens is 350 g/mol.